The van der Waals surface area contributed by atoms with Crippen molar-refractivity contribution in [2.24, 2.45) is 0 Å². The number of aromatic nitrogens is 2. The molecule has 2 heterocycles. The summed E-state index contributed by atoms with van der Waals surface area (Å²) in [4.78, 5) is 25.4. The molecule has 0 radical (unpaired) electrons. The molecule has 0 unspecified atom stereocenters. The molecule has 1 N–H and O–H groups in total. The maximum Gasteiger partial charge on any atom is 0.236 e. The van der Waals surface area contributed by atoms with Crippen molar-refractivity contribution < 1.29 is 9.53 Å². The van der Waals surface area contributed by atoms with Gasteiger partial charge in [-0.2, -0.15) is 0 Å². The van der Waals surface area contributed by atoms with Crippen LogP contribution in [-0.4, -0.2) is 72.1 Å². The lowest BCUT2D eigenvalue weighted by atomic mass is 10.2. The largest absolute Gasteiger partial charge is 0.372 e. The van der Waals surface area contributed by atoms with Crippen LogP contribution in [-0.2, 0) is 9.53 Å². The molecule has 2 aliphatic rings. The minimum Gasteiger partial charge on any atom is -0.372 e. The highest BCUT2D eigenvalue weighted by atomic mass is 16.5. The topological polar surface area (TPSA) is 70.6 Å². The molecule has 2 fully saturated rings. The van der Waals surface area contributed by atoms with Gasteiger partial charge in [-0.3, -0.25) is 14.7 Å². The van der Waals surface area contributed by atoms with E-state index in [-0.39, 0.29) is 12.0 Å². The number of nitrogens with one attached hydrogen (secondary N) is 1. The van der Waals surface area contributed by atoms with Crippen molar-refractivity contribution in [3.8, 4) is 0 Å². The van der Waals surface area contributed by atoms with E-state index >= 15 is 0 Å². The second-order valence-corrected chi connectivity index (χ2v) is 6.59. The van der Waals surface area contributed by atoms with Crippen LogP contribution in [0.5, 0.6) is 0 Å². The Morgan fingerprint density at radius 1 is 1.38 bits per heavy atom. The summed E-state index contributed by atoms with van der Waals surface area (Å²) in [6.45, 7) is 2.19. The Balaban J connectivity index is 1.61. The lowest BCUT2D eigenvalue weighted by molar-refractivity contribution is -0.140. The summed E-state index contributed by atoms with van der Waals surface area (Å²) in [5.74, 6) is 0.882. The van der Waals surface area contributed by atoms with Crippen LogP contribution >= 0.6 is 0 Å². The highest BCUT2D eigenvalue weighted by molar-refractivity contribution is 5.78. The molecule has 0 spiro atoms. The Bertz CT molecular complexity index is 562. The Labute approximate surface area is 143 Å². The smallest absolute Gasteiger partial charge is 0.236 e. The first-order valence-corrected chi connectivity index (χ1v) is 8.77. The van der Waals surface area contributed by atoms with Crippen molar-refractivity contribution in [1.29, 1.82) is 0 Å². The summed E-state index contributed by atoms with van der Waals surface area (Å²) < 4.78 is 5.84. The molecule has 1 aromatic rings. The Kier molecular flexibility index (Phi) is 5.63. The van der Waals surface area contributed by atoms with Gasteiger partial charge in [0.15, 0.2) is 0 Å². The van der Waals surface area contributed by atoms with Crippen molar-refractivity contribution in [3.63, 3.8) is 0 Å². The zero-order valence-corrected chi connectivity index (χ0v) is 14.6. The van der Waals surface area contributed by atoms with Crippen LogP contribution in [0.4, 0.5) is 5.82 Å². The average Bonchev–Trinajstić information content (AvgIpc) is 3.16. The number of nitrogens with zero attached hydrogens (tertiary/aromatic N) is 4. The number of anilines is 1. The van der Waals surface area contributed by atoms with Gasteiger partial charge in [0.05, 0.1) is 19.7 Å². The minimum absolute atomic E-state index is 0.174. The Morgan fingerprint density at radius 2 is 2.12 bits per heavy atom. The van der Waals surface area contributed by atoms with Crippen LogP contribution in [0.3, 0.4) is 0 Å². The van der Waals surface area contributed by atoms with Crippen molar-refractivity contribution in [1.82, 2.24) is 19.8 Å². The second kappa shape index (κ2) is 7.90. The summed E-state index contributed by atoms with van der Waals surface area (Å²) in [6, 6.07) is 0.557. The van der Waals surface area contributed by atoms with E-state index in [1.165, 1.54) is 25.7 Å². The number of ether oxygens (including phenoxy) is 1. The van der Waals surface area contributed by atoms with Crippen molar-refractivity contribution >= 4 is 11.7 Å². The van der Waals surface area contributed by atoms with Gasteiger partial charge in [-0.15, -0.1) is 0 Å². The zero-order chi connectivity index (χ0) is 16.9. The number of hydrogen-bond donors (Lipinski definition) is 1. The molecule has 1 aromatic heterocycles. The van der Waals surface area contributed by atoms with Crippen LogP contribution in [0.1, 0.15) is 37.5 Å². The van der Waals surface area contributed by atoms with E-state index in [0.717, 1.165) is 5.69 Å². The summed E-state index contributed by atoms with van der Waals surface area (Å²) >= 11 is 0. The highest BCUT2D eigenvalue weighted by Crippen LogP contribution is 2.26. The predicted octanol–water partition coefficient (Wildman–Crippen LogP) is 1.29. The quantitative estimate of drug-likeness (QED) is 0.876. The predicted molar refractivity (Wildman–Crippen MR) is 91.7 cm³/mol. The third-order valence-corrected chi connectivity index (χ3v) is 5.02. The van der Waals surface area contributed by atoms with Crippen LogP contribution in [0.2, 0.25) is 0 Å². The van der Waals surface area contributed by atoms with Gasteiger partial charge in [0.25, 0.3) is 0 Å². The molecule has 1 saturated heterocycles. The summed E-state index contributed by atoms with van der Waals surface area (Å²) in [5, 5.41) is 3.04. The number of carbonyl (C=O) groups excluding carboxylic acids is 1. The first-order chi connectivity index (χ1) is 11.7. The number of morpholine rings is 1. The number of carbonyl (C=O) groups is 1. The van der Waals surface area contributed by atoms with E-state index < -0.39 is 0 Å². The van der Waals surface area contributed by atoms with Crippen molar-refractivity contribution in [3.05, 3.63) is 18.1 Å². The molecule has 24 heavy (non-hydrogen) atoms. The molecule has 7 heteroatoms. The van der Waals surface area contributed by atoms with Gasteiger partial charge in [-0.05, 0) is 19.9 Å². The first-order valence-electron chi connectivity index (χ1n) is 8.77. The monoisotopic (exact) mass is 333 g/mol. The molecule has 7 nitrogen and oxygen atoms in total. The van der Waals surface area contributed by atoms with E-state index in [9.17, 15) is 4.79 Å². The molecule has 1 atom stereocenters. The number of amides is 1. The lowest BCUT2D eigenvalue weighted by Gasteiger charge is -2.34. The standard InChI is InChI=1S/C17H27N5O2/c1-18-17-16(19-7-8-20-17)14-11-22(9-10-24-14)15(23)12-21(2)13-5-3-4-6-13/h7-8,13-14H,3-6,9-12H2,1-2H3,(H,18,20)/t14-/m1/s1. The van der Waals surface area contributed by atoms with Gasteiger partial charge in [-0.1, -0.05) is 12.8 Å². The van der Waals surface area contributed by atoms with E-state index in [4.69, 9.17) is 4.74 Å². The highest BCUT2D eigenvalue weighted by Gasteiger charge is 2.30. The Hall–Kier alpha value is -1.73. The number of hydrogen-bond acceptors (Lipinski definition) is 6. The maximum atomic E-state index is 12.7. The van der Waals surface area contributed by atoms with Gasteiger partial charge >= 0.3 is 0 Å². The molecule has 1 amide bonds. The van der Waals surface area contributed by atoms with Crippen LogP contribution < -0.4 is 5.32 Å². The minimum atomic E-state index is -0.226. The molecule has 1 aliphatic carbocycles. The molecule has 1 aliphatic heterocycles. The van der Waals surface area contributed by atoms with Crippen molar-refractivity contribution in [2.75, 3.05) is 45.7 Å². The molecular weight excluding hydrogens is 306 g/mol. The van der Waals surface area contributed by atoms with E-state index in [1.807, 2.05) is 11.9 Å². The first kappa shape index (κ1) is 17.1. The van der Waals surface area contributed by atoms with Gasteiger partial charge in [0.1, 0.15) is 17.6 Å². The van der Waals surface area contributed by atoms with E-state index in [0.29, 0.717) is 38.1 Å². The number of rotatable bonds is 5. The molecular formula is C17H27N5O2. The fourth-order valence-corrected chi connectivity index (χ4v) is 3.61. The molecule has 3 rings (SSSR count). The van der Waals surface area contributed by atoms with Crippen LogP contribution in [0.15, 0.2) is 12.4 Å². The average molecular weight is 333 g/mol. The fourth-order valence-electron chi connectivity index (χ4n) is 3.61. The molecule has 132 valence electrons. The normalized spacial score (nSPS) is 22.1. The van der Waals surface area contributed by atoms with E-state index in [1.54, 1.807) is 12.4 Å². The second-order valence-electron chi connectivity index (χ2n) is 6.59. The van der Waals surface area contributed by atoms with Gasteiger partial charge in [0, 0.05) is 32.0 Å². The summed E-state index contributed by atoms with van der Waals surface area (Å²) in [6.07, 6.45) is 8.06. The maximum absolute atomic E-state index is 12.7. The fraction of sp³-hybridized carbons (Fsp3) is 0.706. The molecule has 1 saturated carbocycles. The third kappa shape index (κ3) is 3.84. The third-order valence-electron chi connectivity index (χ3n) is 5.02. The van der Waals surface area contributed by atoms with Gasteiger partial charge in [0.2, 0.25) is 5.91 Å². The summed E-state index contributed by atoms with van der Waals surface area (Å²) in [7, 11) is 3.88. The Morgan fingerprint density at radius 3 is 2.88 bits per heavy atom. The SMILES string of the molecule is CNc1nccnc1[C@H]1CN(C(=O)CN(C)C2CCCC2)CCO1. The van der Waals surface area contributed by atoms with E-state index in [2.05, 4.69) is 27.2 Å². The van der Waals surface area contributed by atoms with Gasteiger partial charge in [-0.25, -0.2) is 4.98 Å². The van der Waals surface area contributed by atoms with Crippen LogP contribution in [0, 0.1) is 0 Å². The number of likely N-dealkylation sites (N-methyl/N-ethyl adjacent to an activating group) is 1. The molecule has 0 aromatic carbocycles. The lowest BCUT2D eigenvalue weighted by Crippen LogP contribution is -2.47. The van der Waals surface area contributed by atoms with Crippen LogP contribution in [0.25, 0.3) is 0 Å². The molecule has 0 bridgehead atoms. The van der Waals surface area contributed by atoms with Gasteiger partial charge < -0.3 is 15.0 Å². The summed E-state index contributed by atoms with van der Waals surface area (Å²) in [5.41, 5.74) is 0.765. The zero-order valence-electron chi connectivity index (χ0n) is 14.6. The van der Waals surface area contributed by atoms with Crippen molar-refractivity contribution in [2.45, 2.75) is 37.8 Å².